The van der Waals surface area contributed by atoms with E-state index < -0.39 is 11.5 Å². The lowest BCUT2D eigenvalue weighted by Gasteiger charge is -2.28. The van der Waals surface area contributed by atoms with Crippen LogP contribution in [0.2, 0.25) is 0 Å². The quantitative estimate of drug-likeness (QED) is 0.770. The van der Waals surface area contributed by atoms with Crippen LogP contribution in [0.1, 0.15) is 53.0 Å². The maximum absolute atomic E-state index is 11.1. The molecular weight excluding hydrogens is 282 g/mol. The SMILES string of the molecule is CCC(N)(CC(=O)O)c1cc(OC(C)C)cc(OC(C)C)c1. The van der Waals surface area contributed by atoms with E-state index in [9.17, 15) is 4.79 Å². The maximum atomic E-state index is 11.1. The molecule has 0 amide bonds. The predicted molar refractivity (Wildman–Crippen MR) is 86.4 cm³/mol. The molecule has 0 aliphatic rings. The molecule has 3 N–H and O–H groups in total. The average Bonchev–Trinajstić information content (AvgIpc) is 2.35. The van der Waals surface area contributed by atoms with Crippen LogP contribution in [0.5, 0.6) is 11.5 Å². The fourth-order valence-corrected chi connectivity index (χ4v) is 2.24. The molecule has 0 saturated heterocycles. The van der Waals surface area contributed by atoms with Gasteiger partial charge in [-0.2, -0.15) is 0 Å². The zero-order chi connectivity index (χ0) is 16.9. The van der Waals surface area contributed by atoms with Crippen molar-refractivity contribution in [1.82, 2.24) is 0 Å². The number of hydrogen-bond acceptors (Lipinski definition) is 4. The average molecular weight is 309 g/mol. The zero-order valence-electron chi connectivity index (χ0n) is 14.1. The largest absolute Gasteiger partial charge is 0.491 e. The summed E-state index contributed by atoms with van der Waals surface area (Å²) < 4.78 is 11.5. The van der Waals surface area contributed by atoms with Crippen molar-refractivity contribution in [3.8, 4) is 11.5 Å². The van der Waals surface area contributed by atoms with Gasteiger partial charge in [0.25, 0.3) is 0 Å². The summed E-state index contributed by atoms with van der Waals surface area (Å²) >= 11 is 0. The summed E-state index contributed by atoms with van der Waals surface area (Å²) in [6.07, 6.45) is 0.382. The van der Waals surface area contributed by atoms with Crippen LogP contribution in [0.25, 0.3) is 0 Å². The van der Waals surface area contributed by atoms with Crippen molar-refractivity contribution in [2.45, 2.75) is 65.2 Å². The fourth-order valence-electron chi connectivity index (χ4n) is 2.24. The summed E-state index contributed by atoms with van der Waals surface area (Å²) in [5.41, 5.74) is 6.09. The molecule has 0 radical (unpaired) electrons. The monoisotopic (exact) mass is 309 g/mol. The summed E-state index contributed by atoms with van der Waals surface area (Å²) in [6, 6.07) is 5.42. The Hall–Kier alpha value is -1.75. The van der Waals surface area contributed by atoms with E-state index in [4.69, 9.17) is 20.3 Å². The molecule has 22 heavy (non-hydrogen) atoms. The van der Waals surface area contributed by atoms with Gasteiger partial charge in [-0.25, -0.2) is 0 Å². The molecule has 0 aromatic heterocycles. The van der Waals surface area contributed by atoms with Crippen LogP contribution < -0.4 is 15.2 Å². The third kappa shape index (κ3) is 5.22. The number of carbonyl (C=O) groups is 1. The maximum Gasteiger partial charge on any atom is 0.305 e. The molecule has 1 atom stereocenters. The van der Waals surface area contributed by atoms with Crippen LogP contribution in [0.15, 0.2) is 18.2 Å². The highest BCUT2D eigenvalue weighted by atomic mass is 16.5. The van der Waals surface area contributed by atoms with Gasteiger partial charge in [0.05, 0.1) is 24.2 Å². The lowest BCUT2D eigenvalue weighted by molar-refractivity contribution is -0.138. The second-order valence-corrected chi connectivity index (χ2v) is 6.11. The van der Waals surface area contributed by atoms with E-state index in [0.29, 0.717) is 23.5 Å². The highest BCUT2D eigenvalue weighted by molar-refractivity contribution is 5.69. The lowest BCUT2D eigenvalue weighted by Crippen LogP contribution is -2.38. The van der Waals surface area contributed by atoms with Gasteiger partial charge in [0.1, 0.15) is 11.5 Å². The van der Waals surface area contributed by atoms with E-state index in [1.165, 1.54) is 0 Å². The number of hydrogen-bond donors (Lipinski definition) is 2. The zero-order valence-corrected chi connectivity index (χ0v) is 14.1. The van der Waals surface area contributed by atoms with Gasteiger partial charge in [-0.1, -0.05) is 6.92 Å². The Labute approximate surface area is 132 Å². The van der Waals surface area contributed by atoms with Gasteiger partial charge in [0.15, 0.2) is 0 Å². The van der Waals surface area contributed by atoms with Crippen molar-refractivity contribution in [2.75, 3.05) is 0 Å². The third-order valence-corrected chi connectivity index (χ3v) is 3.30. The van der Waals surface area contributed by atoms with E-state index in [-0.39, 0.29) is 18.6 Å². The normalized spacial score (nSPS) is 14.0. The van der Waals surface area contributed by atoms with Crippen molar-refractivity contribution in [3.63, 3.8) is 0 Å². The minimum atomic E-state index is -0.947. The molecule has 124 valence electrons. The number of benzene rings is 1. The highest BCUT2D eigenvalue weighted by Crippen LogP contribution is 2.33. The number of carboxylic acid groups (broad SMARTS) is 1. The minimum absolute atomic E-state index is 0.00965. The van der Waals surface area contributed by atoms with E-state index >= 15 is 0 Å². The van der Waals surface area contributed by atoms with Gasteiger partial charge >= 0.3 is 5.97 Å². The van der Waals surface area contributed by atoms with Gasteiger partial charge in [0.2, 0.25) is 0 Å². The molecule has 5 nitrogen and oxygen atoms in total. The Bertz CT molecular complexity index is 485. The second kappa shape index (κ2) is 7.49. The van der Waals surface area contributed by atoms with E-state index in [2.05, 4.69) is 0 Å². The molecule has 0 heterocycles. The summed E-state index contributed by atoms with van der Waals surface area (Å²) in [4.78, 5) is 11.1. The first kappa shape index (κ1) is 18.3. The van der Waals surface area contributed by atoms with Crippen molar-refractivity contribution in [3.05, 3.63) is 23.8 Å². The molecule has 5 heteroatoms. The Kier molecular flexibility index (Phi) is 6.23. The van der Waals surface area contributed by atoms with Crippen LogP contribution in [-0.4, -0.2) is 23.3 Å². The molecular formula is C17H27NO4. The third-order valence-electron chi connectivity index (χ3n) is 3.30. The minimum Gasteiger partial charge on any atom is -0.491 e. The molecule has 0 fully saturated rings. The topological polar surface area (TPSA) is 81.8 Å². The summed E-state index contributed by atoms with van der Waals surface area (Å²) in [5, 5.41) is 9.13. The standard InChI is InChI=1S/C17H27NO4/c1-6-17(18,10-16(19)20)13-7-14(21-11(2)3)9-15(8-13)22-12(4)5/h7-9,11-12H,6,10,18H2,1-5H3,(H,19,20). The molecule has 1 aromatic carbocycles. The van der Waals surface area contributed by atoms with Gasteiger partial charge in [0, 0.05) is 6.07 Å². The van der Waals surface area contributed by atoms with Gasteiger partial charge in [-0.05, 0) is 51.8 Å². The van der Waals surface area contributed by atoms with Crippen LogP contribution in [0, 0.1) is 0 Å². The molecule has 0 saturated carbocycles. The van der Waals surface area contributed by atoms with Gasteiger partial charge in [-0.15, -0.1) is 0 Å². The number of carboxylic acids is 1. The van der Waals surface area contributed by atoms with E-state index in [1.54, 1.807) is 18.2 Å². The van der Waals surface area contributed by atoms with E-state index in [0.717, 1.165) is 0 Å². The smallest absolute Gasteiger partial charge is 0.305 e. The first-order valence-electron chi connectivity index (χ1n) is 7.66. The highest BCUT2D eigenvalue weighted by Gasteiger charge is 2.29. The van der Waals surface area contributed by atoms with E-state index in [1.807, 2.05) is 34.6 Å². The Balaban J connectivity index is 3.28. The van der Waals surface area contributed by atoms with Crippen molar-refractivity contribution in [1.29, 1.82) is 0 Å². The first-order chi connectivity index (χ1) is 10.2. The summed E-state index contributed by atoms with van der Waals surface area (Å²) in [7, 11) is 0. The molecule has 1 aromatic rings. The molecule has 0 bridgehead atoms. The Morgan fingerprint density at radius 1 is 1.14 bits per heavy atom. The fraction of sp³-hybridized carbons (Fsp3) is 0.588. The Morgan fingerprint density at radius 3 is 1.91 bits per heavy atom. The summed E-state index contributed by atoms with van der Waals surface area (Å²) in [5.74, 6) is 0.347. The Morgan fingerprint density at radius 2 is 1.59 bits per heavy atom. The second-order valence-electron chi connectivity index (χ2n) is 6.11. The number of rotatable bonds is 8. The van der Waals surface area contributed by atoms with Crippen molar-refractivity contribution >= 4 is 5.97 Å². The predicted octanol–water partition coefficient (Wildman–Crippen LogP) is 3.30. The molecule has 1 rings (SSSR count). The number of ether oxygens (including phenoxy) is 2. The van der Waals surface area contributed by atoms with Crippen LogP contribution in [0.4, 0.5) is 0 Å². The lowest BCUT2D eigenvalue weighted by atomic mass is 9.85. The van der Waals surface area contributed by atoms with Gasteiger partial charge in [-0.3, -0.25) is 4.79 Å². The van der Waals surface area contributed by atoms with Gasteiger partial charge < -0.3 is 20.3 Å². The van der Waals surface area contributed by atoms with Crippen LogP contribution in [0.3, 0.4) is 0 Å². The molecule has 0 aliphatic carbocycles. The molecule has 0 spiro atoms. The summed E-state index contributed by atoms with van der Waals surface area (Å²) in [6.45, 7) is 9.61. The van der Waals surface area contributed by atoms with Crippen LogP contribution >= 0.6 is 0 Å². The van der Waals surface area contributed by atoms with Crippen molar-refractivity contribution < 1.29 is 19.4 Å². The molecule has 0 aliphatic heterocycles. The number of aliphatic carboxylic acids is 1. The molecule has 1 unspecified atom stereocenters. The first-order valence-corrected chi connectivity index (χ1v) is 7.66. The van der Waals surface area contributed by atoms with Crippen molar-refractivity contribution in [2.24, 2.45) is 5.73 Å². The van der Waals surface area contributed by atoms with Crippen LogP contribution in [-0.2, 0) is 10.3 Å². The number of nitrogens with two attached hydrogens (primary N) is 1.